The first kappa shape index (κ1) is 93.4. The summed E-state index contributed by atoms with van der Waals surface area (Å²) in [6.45, 7) is 15.5. The number of unbranched alkanes of at least 4 members (excludes halogenated alkanes) is 4. The van der Waals surface area contributed by atoms with Crippen LogP contribution in [0.5, 0.6) is 5.75 Å². The molecule has 6 aliphatic rings. The van der Waals surface area contributed by atoms with Crippen LogP contribution in [0.25, 0.3) is 22.5 Å². The molecule has 1 aromatic heterocycles. The van der Waals surface area contributed by atoms with Crippen LogP contribution < -0.4 is 19.9 Å². The number of anilines is 2. The van der Waals surface area contributed by atoms with Crippen molar-refractivity contribution in [2.75, 3.05) is 121 Å². The Hall–Kier alpha value is -10.7. The number of hydrogen-bond donors (Lipinski definition) is 5. The Bertz CT molecular complexity index is 5450. The number of benzene rings is 5. The Kier molecular flexibility index (Phi) is 30.8. The van der Waals surface area contributed by atoms with Gasteiger partial charge in [0, 0.05) is 149 Å². The number of likely N-dealkylation sites (N-methyl/N-ethyl adjacent to an activating group) is 1. The van der Waals surface area contributed by atoms with Gasteiger partial charge in [0.15, 0.2) is 12.3 Å². The summed E-state index contributed by atoms with van der Waals surface area (Å²) in [5.74, 6) is -2.98. The number of hydrogen-bond acceptors (Lipinski definition) is 20. The zero-order valence-electron chi connectivity index (χ0n) is 72.6. The number of hydroxylamine groups is 2. The van der Waals surface area contributed by atoms with Crippen molar-refractivity contribution in [1.29, 1.82) is 0 Å². The first-order chi connectivity index (χ1) is 59.5. The number of aromatic nitrogens is 3. The number of imide groups is 1. The minimum absolute atomic E-state index is 0.0187. The number of rotatable bonds is 36. The third-order valence-corrected chi connectivity index (χ3v) is 26.3. The van der Waals surface area contributed by atoms with Gasteiger partial charge in [-0.1, -0.05) is 117 Å². The normalized spacial score (nSPS) is 19.6. The van der Waals surface area contributed by atoms with Gasteiger partial charge in [-0.05, 0) is 149 Å². The lowest BCUT2D eigenvalue weighted by molar-refractivity contribution is -0.902. The molecule has 2 atom stereocenters. The highest BCUT2D eigenvalue weighted by molar-refractivity contribution is 7.86. The van der Waals surface area contributed by atoms with Gasteiger partial charge in [-0.2, -0.15) is 21.4 Å². The van der Waals surface area contributed by atoms with Gasteiger partial charge in [0.05, 0.1) is 73.8 Å². The van der Waals surface area contributed by atoms with E-state index < -0.39 is 54.7 Å². The van der Waals surface area contributed by atoms with Gasteiger partial charge in [0.25, 0.3) is 20.2 Å². The average Bonchev–Trinajstić information content (AvgIpc) is 1.61. The molecule has 4 amide bonds. The number of carbonyl (C=O) groups excluding carboxylic acids is 6. The molecule has 125 heavy (non-hydrogen) atoms. The second kappa shape index (κ2) is 41.2. The third kappa shape index (κ3) is 23.9. The molecule has 2 saturated heterocycles. The molecular weight excluding hydrogens is 1640 g/mol. The Morgan fingerprint density at radius 3 is 2.11 bits per heavy atom. The minimum Gasteiger partial charge on any atom is -0.480 e. The Labute approximate surface area is 731 Å². The largest absolute Gasteiger partial charge is 0.480 e. The predicted molar refractivity (Wildman–Crippen MR) is 473 cm³/mol. The van der Waals surface area contributed by atoms with Crippen molar-refractivity contribution in [2.45, 2.75) is 173 Å². The topological polar surface area (TPSA) is 369 Å². The molecule has 1 aliphatic carbocycles. The van der Waals surface area contributed by atoms with E-state index >= 15 is 0 Å². The van der Waals surface area contributed by atoms with Crippen molar-refractivity contribution in [1.82, 2.24) is 40.1 Å². The molecule has 0 saturated carbocycles. The van der Waals surface area contributed by atoms with Gasteiger partial charge in [0.2, 0.25) is 29.3 Å². The summed E-state index contributed by atoms with van der Waals surface area (Å²) in [5, 5.41) is 33.9. The highest BCUT2D eigenvalue weighted by atomic mass is 32.2. The number of allylic oxidation sites excluding steroid dienone is 7. The van der Waals surface area contributed by atoms with E-state index in [1.807, 2.05) is 113 Å². The first-order valence-corrected chi connectivity index (χ1v) is 46.5. The Morgan fingerprint density at radius 1 is 0.672 bits per heavy atom. The number of para-hydroxylation sites is 2. The Balaban J connectivity index is 0.654. The molecule has 2 unspecified atom stereocenters. The average molecular weight is 1760 g/mol. The SMILES string of the molecule is Cc1ccc2c(c1)C(C)(C)C(=CC=C1CCCC(C=CC3=[N+](CCCCS(=O)(=O)O)c4ccc(S(=O)(=O)O)cc4C3(C)C)=C1Oc1ccccc1)N2CCCCCC(=O)NCCC(=O)N1Cc2ccccc2-c2c(nnn2CCCCC(=O)ON2CCN(CC(=O)O)CCN(CC(=O)CCCN3C(=O)CC(C)C3=O)CC[N+](C)(CC(=O)O)CC2)-c2ccccc21. The van der Waals surface area contributed by atoms with E-state index in [1.54, 1.807) is 29.8 Å². The minimum atomic E-state index is -4.53. The maximum Gasteiger partial charge on any atom is 0.359 e. The molecule has 2 fully saturated rings. The number of ketones is 1. The molecule has 0 spiro atoms. The van der Waals surface area contributed by atoms with Crippen LogP contribution >= 0.6 is 0 Å². The molecule has 5 aromatic carbocycles. The van der Waals surface area contributed by atoms with Crippen molar-refractivity contribution in [3.05, 3.63) is 184 Å². The van der Waals surface area contributed by atoms with E-state index in [0.29, 0.717) is 112 Å². The predicted octanol–water partition coefficient (Wildman–Crippen LogP) is 11.4. The molecule has 6 aromatic rings. The van der Waals surface area contributed by atoms with E-state index in [4.69, 9.17) is 14.7 Å². The fourth-order valence-corrected chi connectivity index (χ4v) is 18.9. The number of amides is 4. The zero-order valence-corrected chi connectivity index (χ0v) is 74.3. The summed E-state index contributed by atoms with van der Waals surface area (Å²) in [5.41, 5.74) is 11.9. The van der Waals surface area contributed by atoms with E-state index in [2.05, 4.69) is 72.6 Å². The standard InChI is InChI=1S/C93H116N12O18S2/c1-65-35-39-78-75(58-65)92(3,4)80(41-36-67-25-22-26-68(90(67)122-71-28-10-8-11-29-71)37-42-81-93(5,6)76-60-72(125(119,120)121)38-40-79(76)101(81)46-20-21-57-124(116,117)118)100(78)45-18-9-12-33-82(107)94-44-43-83(108)103-61-69-24-13-14-30-73(69)89-88(74-31-15-16-32-77(74)103)95-96-104(89)48-19-17-34-87(114)123-99-52-51-97(63-85(110)111)49-50-98(53-55-105(7,56-54-99)64-86(112)113)62-70(106)27-23-47-102-84(109)59-66(2)91(102)115/h8,10-11,13-16,24,28-32,35-42,58,60,66H,9,12,17-23,25-27,33-34,43-57,59,61-64H2,1-7H3,(H3-2,94,107,110,111,112,113,116,117,118,119,120,121)/p+2. The van der Waals surface area contributed by atoms with Gasteiger partial charge >= 0.3 is 17.9 Å². The van der Waals surface area contributed by atoms with E-state index in [9.17, 15) is 74.5 Å². The molecule has 5 N–H and O–H groups in total. The van der Waals surface area contributed by atoms with Gasteiger partial charge in [0.1, 0.15) is 29.5 Å². The van der Waals surface area contributed by atoms with Gasteiger partial charge in [-0.25, -0.2) is 9.48 Å². The summed E-state index contributed by atoms with van der Waals surface area (Å²) in [6, 6.07) is 36.0. The van der Waals surface area contributed by atoms with Crippen LogP contribution in [0.3, 0.4) is 0 Å². The van der Waals surface area contributed by atoms with Crippen LogP contribution in [0.2, 0.25) is 0 Å². The summed E-state index contributed by atoms with van der Waals surface area (Å²) >= 11 is 0. The van der Waals surface area contributed by atoms with Crippen LogP contribution in [0.4, 0.5) is 17.1 Å². The number of ether oxygens (including phenoxy) is 1. The highest BCUT2D eigenvalue weighted by Crippen LogP contribution is 2.50. The number of likely N-dealkylation sites (tertiary alicyclic amines) is 1. The molecule has 5 aliphatic heterocycles. The molecular formula is C93H118N12O18S2+2. The fourth-order valence-electron chi connectivity index (χ4n) is 17.8. The van der Waals surface area contributed by atoms with Crippen LogP contribution in [0.1, 0.15) is 160 Å². The van der Waals surface area contributed by atoms with Crippen molar-refractivity contribution >= 4 is 90.3 Å². The number of quaternary nitrogens is 1. The lowest BCUT2D eigenvalue weighted by atomic mass is 9.81. The van der Waals surface area contributed by atoms with Crippen LogP contribution in [-0.4, -0.2) is 244 Å². The number of Topliss-reactive ketones (excluding diaryl/α,β-unsaturated/α-hetero) is 1. The number of carboxylic acid groups (broad SMARTS) is 2. The maximum absolute atomic E-state index is 14.6. The summed E-state index contributed by atoms with van der Waals surface area (Å²) in [7, 11) is -6.93. The van der Waals surface area contributed by atoms with Crippen LogP contribution in [-0.2, 0) is 87.3 Å². The number of carboxylic acids is 2. The third-order valence-electron chi connectivity index (χ3n) is 24.7. The maximum atomic E-state index is 14.6. The molecule has 0 bridgehead atoms. The molecule has 0 radical (unpaired) electrons. The number of nitrogens with zero attached hydrogens (tertiary/aromatic N) is 11. The Morgan fingerprint density at radius 2 is 1.38 bits per heavy atom. The molecule has 668 valence electrons. The summed E-state index contributed by atoms with van der Waals surface area (Å²) in [6.07, 6.45) is 15.3. The van der Waals surface area contributed by atoms with Crippen molar-refractivity contribution in [3.63, 3.8) is 0 Å². The summed E-state index contributed by atoms with van der Waals surface area (Å²) in [4.78, 5) is 119. The van der Waals surface area contributed by atoms with E-state index in [1.165, 1.54) is 27.7 Å². The number of fused-ring (bicyclic) bond motifs is 7. The first-order valence-electron chi connectivity index (χ1n) is 43.4. The van der Waals surface area contributed by atoms with Gasteiger partial charge in [-0.3, -0.25) is 57.4 Å². The van der Waals surface area contributed by atoms with Crippen LogP contribution in [0.15, 0.2) is 167 Å². The van der Waals surface area contributed by atoms with Crippen molar-refractivity contribution < 1.29 is 93.1 Å². The quantitative estimate of drug-likeness (QED) is 0.00802. The smallest absolute Gasteiger partial charge is 0.359 e. The second-order valence-electron chi connectivity index (χ2n) is 34.9. The number of nitrogens with one attached hydrogen (secondary N) is 1. The fraction of sp³-hybridized carbons (Fsp3) is 0.473. The van der Waals surface area contributed by atoms with Crippen LogP contribution in [0, 0.1) is 12.8 Å². The molecule has 30 nitrogen and oxygen atoms in total. The number of carbonyl (C=O) groups is 8. The van der Waals surface area contributed by atoms with Gasteiger partial charge < -0.3 is 39.4 Å². The molecule has 6 heterocycles. The number of aryl methyl sites for hydroxylation is 2. The monoisotopic (exact) mass is 1750 g/mol. The van der Waals surface area contributed by atoms with Crippen molar-refractivity contribution in [3.8, 4) is 28.3 Å². The van der Waals surface area contributed by atoms with Gasteiger partial charge in [-0.15, -0.1) is 10.2 Å². The molecule has 12 rings (SSSR count). The van der Waals surface area contributed by atoms with Crippen molar-refractivity contribution in [2.24, 2.45) is 5.92 Å². The lowest BCUT2D eigenvalue weighted by Gasteiger charge is -2.38. The number of aliphatic carboxylic acids is 2. The second-order valence-corrected chi connectivity index (χ2v) is 37.9. The van der Waals surface area contributed by atoms with E-state index in [0.717, 1.165) is 82.0 Å². The van der Waals surface area contributed by atoms with E-state index in [-0.39, 0.29) is 155 Å². The molecule has 32 heteroatoms. The highest BCUT2D eigenvalue weighted by Gasteiger charge is 2.46. The summed E-state index contributed by atoms with van der Waals surface area (Å²) < 4.78 is 78.8. The zero-order chi connectivity index (χ0) is 89.5. The lowest BCUT2D eigenvalue weighted by Crippen LogP contribution is -2.56.